The Bertz CT molecular complexity index is 376. The third-order valence-corrected chi connectivity index (χ3v) is 5.23. The van der Waals surface area contributed by atoms with Gasteiger partial charge < -0.3 is 29.2 Å². The topological polar surface area (TPSA) is 83.9 Å². The van der Waals surface area contributed by atoms with E-state index < -0.39 is 0 Å². The van der Waals surface area contributed by atoms with E-state index in [-0.39, 0.29) is 24.7 Å². The first kappa shape index (κ1) is 22.0. The minimum absolute atomic E-state index is 0.102. The Morgan fingerprint density at radius 1 is 0.846 bits per heavy atom. The summed E-state index contributed by atoms with van der Waals surface area (Å²) in [4.78, 5) is 4.44. The molecule has 154 valence electrons. The Kier molecular flexibility index (Phi) is 10.3. The predicted octanol–water partition coefficient (Wildman–Crippen LogP) is -0.956. The predicted molar refractivity (Wildman–Crippen MR) is 97.4 cm³/mol. The van der Waals surface area contributed by atoms with Gasteiger partial charge in [0.05, 0.1) is 66.1 Å². The number of nitrogens with zero attached hydrogens (tertiary/aromatic N) is 2. The molecule has 2 rings (SSSR count). The van der Waals surface area contributed by atoms with Crippen molar-refractivity contribution in [2.45, 2.75) is 13.0 Å². The van der Waals surface area contributed by atoms with Crippen LogP contribution in [-0.4, -0.2) is 125 Å². The van der Waals surface area contributed by atoms with Gasteiger partial charge in [0.1, 0.15) is 0 Å². The second kappa shape index (κ2) is 12.2. The summed E-state index contributed by atoms with van der Waals surface area (Å²) in [5, 5.41) is 18.8. The lowest BCUT2D eigenvalue weighted by atomic mass is 9.74. The minimum Gasteiger partial charge on any atom is -0.396 e. The fraction of sp³-hybridized carbons (Fsp3) is 1.00. The highest BCUT2D eigenvalue weighted by Gasteiger charge is 2.48. The molecule has 0 aromatic heterocycles. The van der Waals surface area contributed by atoms with Gasteiger partial charge in [0.15, 0.2) is 0 Å². The molecule has 2 N–H and O–H groups in total. The Morgan fingerprint density at radius 3 is 2.00 bits per heavy atom. The largest absolute Gasteiger partial charge is 0.396 e. The van der Waals surface area contributed by atoms with Crippen molar-refractivity contribution >= 4 is 0 Å². The van der Waals surface area contributed by atoms with E-state index in [9.17, 15) is 5.11 Å². The van der Waals surface area contributed by atoms with Crippen LogP contribution in [0.2, 0.25) is 0 Å². The van der Waals surface area contributed by atoms with Crippen molar-refractivity contribution in [3.8, 4) is 0 Å². The molecule has 2 unspecified atom stereocenters. The zero-order chi connectivity index (χ0) is 18.7. The monoisotopic (exact) mass is 376 g/mol. The van der Waals surface area contributed by atoms with Gasteiger partial charge in [-0.15, -0.1) is 0 Å². The molecule has 0 aromatic carbocycles. The van der Waals surface area contributed by atoms with Crippen LogP contribution in [-0.2, 0) is 18.9 Å². The third kappa shape index (κ3) is 7.01. The average molecular weight is 376 g/mol. The maximum Gasteiger partial charge on any atom is 0.0701 e. The number of aliphatic hydroxyl groups is 2. The van der Waals surface area contributed by atoms with Crippen LogP contribution in [0, 0.1) is 5.41 Å². The van der Waals surface area contributed by atoms with Crippen LogP contribution < -0.4 is 0 Å². The lowest BCUT2D eigenvalue weighted by Gasteiger charge is -2.55. The molecule has 0 aromatic rings. The van der Waals surface area contributed by atoms with Gasteiger partial charge in [-0.05, 0) is 0 Å². The Hall–Kier alpha value is -0.320. The molecule has 0 aliphatic carbocycles. The summed E-state index contributed by atoms with van der Waals surface area (Å²) in [6, 6.07) is 0.214. The van der Waals surface area contributed by atoms with Crippen molar-refractivity contribution in [1.29, 1.82) is 0 Å². The summed E-state index contributed by atoms with van der Waals surface area (Å²) >= 11 is 0. The number of rotatable bonds is 3. The zero-order valence-corrected chi connectivity index (χ0v) is 16.1. The Labute approximate surface area is 156 Å². The lowest BCUT2D eigenvalue weighted by molar-refractivity contribution is -0.133. The average Bonchev–Trinajstić information content (AvgIpc) is 2.63. The molecule has 0 radical (unpaired) electrons. The second-order valence-electron chi connectivity index (χ2n) is 7.28. The van der Waals surface area contributed by atoms with E-state index in [1.165, 1.54) is 0 Å². The van der Waals surface area contributed by atoms with Crippen molar-refractivity contribution in [3.05, 3.63) is 0 Å². The first-order chi connectivity index (χ1) is 12.7. The molecule has 2 aliphatic heterocycles. The third-order valence-electron chi connectivity index (χ3n) is 5.23. The molecule has 2 aliphatic rings. The minimum atomic E-state index is -0.102. The highest BCUT2D eigenvalue weighted by molar-refractivity contribution is 5.01. The van der Waals surface area contributed by atoms with Crippen LogP contribution in [0.3, 0.4) is 0 Å². The molecule has 0 saturated carbocycles. The van der Waals surface area contributed by atoms with Gasteiger partial charge in [0.2, 0.25) is 0 Å². The summed E-state index contributed by atoms with van der Waals surface area (Å²) < 4.78 is 22.7. The molecule has 2 fully saturated rings. The van der Waals surface area contributed by atoms with Crippen LogP contribution in [0.1, 0.15) is 6.92 Å². The molecule has 2 saturated heterocycles. The van der Waals surface area contributed by atoms with Gasteiger partial charge in [-0.25, -0.2) is 0 Å². The second-order valence-corrected chi connectivity index (χ2v) is 7.28. The van der Waals surface area contributed by atoms with Gasteiger partial charge in [0, 0.05) is 44.2 Å². The van der Waals surface area contributed by atoms with Crippen molar-refractivity contribution < 1.29 is 29.2 Å². The quantitative estimate of drug-likeness (QED) is 0.652. The lowest BCUT2D eigenvalue weighted by Crippen LogP contribution is -2.67. The molecule has 8 nitrogen and oxygen atoms in total. The van der Waals surface area contributed by atoms with Crippen LogP contribution >= 0.6 is 0 Å². The van der Waals surface area contributed by atoms with Crippen LogP contribution in [0.15, 0.2) is 0 Å². The molecular weight excluding hydrogens is 340 g/mol. The normalized spacial score (nSPS) is 32.2. The van der Waals surface area contributed by atoms with Gasteiger partial charge in [-0.2, -0.15) is 0 Å². The number of β-amino-alcohol motifs (C(OH)–C–C–N with tert-alkyl or cyclic N) is 1. The summed E-state index contributed by atoms with van der Waals surface area (Å²) in [6.07, 6.45) is 0. The number of aliphatic hydroxyl groups excluding tert-OH is 2. The number of fused-ring (bicyclic) bond motifs is 1. The standard InChI is InChI=1S/C18H36N2O6/c1-18(16-22)15-20-5-9-25-11-10-23-7-3-19(2-6-21)4-8-24-12-13-26-14-17(18)20/h17,21-22H,2-16H2,1H3. The van der Waals surface area contributed by atoms with E-state index in [1.54, 1.807) is 0 Å². The number of hydrogen-bond acceptors (Lipinski definition) is 8. The van der Waals surface area contributed by atoms with Crippen molar-refractivity contribution in [2.75, 3.05) is 98.8 Å². The van der Waals surface area contributed by atoms with Gasteiger partial charge in [-0.3, -0.25) is 9.80 Å². The van der Waals surface area contributed by atoms with E-state index in [4.69, 9.17) is 24.1 Å². The fourth-order valence-electron chi connectivity index (χ4n) is 3.49. The van der Waals surface area contributed by atoms with E-state index in [0.29, 0.717) is 59.4 Å². The molecule has 2 atom stereocenters. The summed E-state index contributed by atoms with van der Waals surface area (Å²) in [5.41, 5.74) is -0.102. The van der Waals surface area contributed by atoms with Crippen molar-refractivity contribution in [1.82, 2.24) is 9.80 Å². The highest BCUT2D eigenvalue weighted by Crippen LogP contribution is 2.36. The van der Waals surface area contributed by atoms with Gasteiger partial charge in [-0.1, -0.05) is 6.92 Å². The molecule has 0 bridgehead atoms. The van der Waals surface area contributed by atoms with Crippen molar-refractivity contribution in [3.63, 3.8) is 0 Å². The summed E-state index contributed by atoms with van der Waals surface area (Å²) in [7, 11) is 0. The first-order valence-corrected chi connectivity index (χ1v) is 9.69. The molecule has 8 heteroatoms. The highest BCUT2D eigenvalue weighted by atomic mass is 16.5. The van der Waals surface area contributed by atoms with Crippen molar-refractivity contribution in [2.24, 2.45) is 5.41 Å². The van der Waals surface area contributed by atoms with E-state index in [0.717, 1.165) is 26.2 Å². The molecule has 2 heterocycles. The Morgan fingerprint density at radius 2 is 1.42 bits per heavy atom. The van der Waals surface area contributed by atoms with Gasteiger partial charge in [0.25, 0.3) is 0 Å². The fourth-order valence-corrected chi connectivity index (χ4v) is 3.49. The van der Waals surface area contributed by atoms with E-state index in [2.05, 4.69) is 16.7 Å². The van der Waals surface area contributed by atoms with Crippen LogP contribution in [0.5, 0.6) is 0 Å². The summed E-state index contributed by atoms with van der Waals surface area (Å²) in [6.45, 7) is 11.0. The molecule has 26 heavy (non-hydrogen) atoms. The first-order valence-electron chi connectivity index (χ1n) is 9.69. The van der Waals surface area contributed by atoms with Crippen LogP contribution in [0.25, 0.3) is 0 Å². The summed E-state index contributed by atoms with van der Waals surface area (Å²) in [5.74, 6) is 0. The van der Waals surface area contributed by atoms with E-state index >= 15 is 0 Å². The SMILES string of the molecule is CC1(CO)CN2CCOCCOCCN(CCO)CCOCCOCC21. The number of hydrogen-bond donors (Lipinski definition) is 2. The Balaban J connectivity index is 1.77. The zero-order valence-electron chi connectivity index (χ0n) is 16.1. The molecular formula is C18H36N2O6. The number of ether oxygens (including phenoxy) is 4. The van der Waals surface area contributed by atoms with Crippen LogP contribution in [0.4, 0.5) is 0 Å². The maximum atomic E-state index is 9.67. The smallest absolute Gasteiger partial charge is 0.0701 e. The van der Waals surface area contributed by atoms with E-state index in [1.807, 2.05) is 0 Å². The van der Waals surface area contributed by atoms with Gasteiger partial charge >= 0.3 is 0 Å². The maximum absolute atomic E-state index is 9.67. The molecule has 0 spiro atoms. The molecule has 0 amide bonds.